The lowest BCUT2D eigenvalue weighted by molar-refractivity contribution is -0.117. The molecule has 2 aromatic carbocycles. The van der Waals surface area contributed by atoms with Crippen molar-refractivity contribution in [3.8, 4) is 11.3 Å². The van der Waals surface area contributed by atoms with E-state index >= 15 is 0 Å². The molecule has 0 aliphatic rings. The zero-order chi connectivity index (χ0) is 19.4. The molecule has 1 amide bonds. The maximum absolute atomic E-state index is 12.4. The first kappa shape index (κ1) is 18.9. The van der Waals surface area contributed by atoms with E-state index in [1.807, 2.05) is 56.1 Å². The largest absolute Gasteiger partial charge is 0.439 e. The fraction of sp³-hybridized carbons (Fsp3) is 0.273. The van der Waals surface area contributed by atoms with Gasteiger partial charge in [-0.2, -0.15) is 0 Å². The van der Waals surface area contributed by atoms with Crippen LogP contribution in [0.15, 0.2) is 53.1 Å². The van der Waals surface area contributed by atoms with Gasteiger partial charge < -0.3 is 9.73 Å². The molecule has 0 saturated carbocycles. The molecular weight excluding hydrogens is 338 g/mol. The van der Waals surface area contributed by atoms with Crippen molar-refractivity contribution < 1.29 is 9.21 Å². The van der Waals surface area contributed by atoms with Crippen molar-refractivity contribution in [3.05, 3.63) is 71.2 Å². The van der Waals surface area contributed by atoms with Gasteiger partial charge in [0.1, 0.15) is 0 Å². The number of benzene rings is 2. The number of nitrogens with one attached hydrogen (secondary N) is 1. The molecule has 0 spiro atoms. The molecule has 0 saturated heterocycles. The molecule has 0 aliphatic heterocycles. The number of amides is 1. The Morgan fingerprint density at radius 1 is 1.11 bits per heavy atom. The number of rotatable bonds is 6. The van der Waals surface area contributed by atoms with Crippen LogP contribution in [0.1, 0.15) is 22.6 Å². The molecule has 0 fully saturated rings. The number of carbonyl (C=O) groups is 1. The molecule has 27 heavy (non-hydrogen) atoms. The first-order chi connectivity index (χ1) is 12.9. The van der Waals surface area contributed by atoms with Gasteiger partial charge in [-0.05, 0) is 38.9 Å². The molecule has 140 valence electrons. The summed E-state index contributed by atoms with van der Waals surface area (Å²) in [5, 5.41) is 3.02. The highest BCUT2D eigenvalue weighted by Gasteiger charge is 2.13. The van der Waals surface area contributed by atoms with Gasteiger partial charge in [0.25, 0.3) is 0 Å². The highest BCUT2D eigenvalue weighted by atomic mass is 16.4. The number of anilines is 1. The summed E-state index contributed by atoms with van der Waals surface area (Å²) in [7, 11) is 1.88. The number of oxazole rings is 1. The summed E-state index contributed by atoms with van der Waals surface area (Å²) in [6, 6.07) is 14.0. The maximum atomic E-state index is 12.4. The number of hydrogen-bond acceptors (Lipinski definition) is 4. The van der Waals surface area contributed by atoms with Crippen molar-refractivity contribution in [1.29, 1.82) is 0 Å². The molecule has 0 atom stereocenters. The third kappa shape index (κ3) is 4.83. The van der Waals surface area contributed by atoms with Gasteiger partial charge in [0.2, 0.25) is 11.8 Å². The third-order valence-corrected chi connectivity index (χ3v) is 4.37. The van der Waals surface area contributed by atoms with Crippen molar-refractivity contribution in [3.63, 3.8) is 0 Å². The van der Waals surface area contributed by atoms with Crippen LogP contribution in [0.5, 0.6) is 0 Å². The number of aromatic nitrogens is 1. The molecule has 5 nitrogen and oxygen atoms in total. The Morgan fingerprint density at radius 3 is 2.44 bits per heavy atom. The van der Waals surface area contributed by atoms with Gasteiger partial charge in [-0.15, -0.1) is 0 Å². The van der Waals surface area contributed by atoms with Gasteiger partial charge in [0.05, 0.1) is 19.3 Å². The highest BCUT2D eigenvalue weighted by molar-refractivity contribution is 5.93. The predicted molar refractivity (Wildman–Crippen MR) is 108 cm³/mol. The minimum atomic E-state index is -0.0533. The van der Waals surface area contributed by atoms with E-state index in [2.05, 4.69) is 29.4 Å². The summed E-state index contributed by atoms with van der Waals surface area (Å²) in [5.41, 5.74) is 5.22. The minimum absolute atomic E-state index is 0.0533. The van der Waals surface area contributed by atoms with E-state index in [1.165, 1.54) is 5.56 Å². The van der Waals surface area contributed by atoms with Crippen molar-refractivity contribution in [1.82, 2.24) is 9.88 Å². The molecule has 1 aromatic heterocycles. The van der Waals surface area contributed by atoms with E-state index in [-0.39, 0.29) is 12.5 Å². The summed E-state index contributed by atoms with van der Waals surface area (Å²) in [5.74, 6) is 1.27. The van der Waals surface area contributed by atoms with E-state index in [4.69, 9.17) is 4.42 Å². The van der Waals surface area contributed by atoms with E-state index in [1.54, 1.807) is 6.20 Å². The number of likely N-dealkylation sites (N-methyl/N-ethyl adjacent to an activating group) is 1. The van der Waals surface area contributed by atoms with Gasteiger partial charge >= 0.3 is 0 Å². The summed E-state index contributed by atoms with van der Waals surface area (Å²) in [4.78, 5) is 18.6. The lowest BCUT2D eigenvalue weighted by Gasteiger charge is -2.17. The summed E-state index contributed by atoms with van der Waals surface area (Å²) in [6.07, 6.45) is 1.72. The van der Waals surface area contributed by atoms with Crippen molar-refractivity contribution in [2.45, 2.75) is 27.3 Å². The van der Waals surface area contributed by atoms with Crippen LogP contribution in [-0.4, -0.2) is 29.4 Å². The zero-order valence-corrected chi connectivity index (χ0v) is 16.2. The average molecular weight is 363 g/mol. The lowest BCUT2D eigenvalue weighted by atomic mass is 10.1. The Morgan fingerprint density at radius 2 is 1.78 bits per heavy atom. The Bertz CT molecular complexity index is 909. The van der Waals surface area contributed by atoms with Crippen LogP contribution in [0.2, 0.25) is 0 Å². The Hall–Kier alpha value is -2.92. The van der Waals surface area contributed by atoms with Crippen LogP contribution in [0.3, 0.4) is 0 Å². The molecule has 0 radical (unpaired) electrons. The van der Waals surface area contributed by atoms with E-state index < -0.39 is 0 Å². The third-order valence-electron chi connectivity index (χ3n) is 4.37. The molecule has 3 rings (SSSR count). The van der Waals surface area contributed by atoms with Crippen molar-refractivity contribution >= 4 is 11.6 Å². The van der Waals surface area contributed by atoms with Gasteiger partial charge in [-0.3, -0.25) is 9.69 Å². The van der Waals surface area contributed by atoms with Crippen LogP contribution in [-0.2, 0) is 11.3 Å². The number of carbonyl (C=O) groups excluding carboxylic acids is 1. The lowest BCUT2D eigenvalue weighted by Crippen LogP contribution is -2.30. The van der Waals surface area contributed by atoms with Gasteiger partial charge in [-0.1, -0.05) is 48.0 Å². The van der Waals surface area contributed by atoms with Crippen LogP contribution in [0.25, 0.3) is 11.3 Å². The van der Waals surface area contributed by atoms with Crippen LogP contribution in [0, 0.1) is 20.8 Å². The summed E-state index contributed by atoms with van der Waals surface area (Å²) in [6.45, 7) is 6.80. The second-order valence-electron chi connectivity index (χ2n) is 6.98. The minimum Gasteiger partial charge on any atom is -0.439 e. The van der Waals surface area contributed by atoms with Crippen LogP contribution < -0.4 is 5.32 Å². The molecular formula is C22H25N3O2. The van der Waals surface area contributed by atoms with Gasteiger partial charge in [0, 0.05) is 11.3 Å². The SMILES string of the molecule is Cc1cc(C)c(NC(=O)CN(C)Cc2ncc(-c3ccccc3)o2)c(C)c1. The maximum Gasteiger partial charge on any atom is 0.238 e. The Balaban J connectivity index is 1.59. The summed E-state index contributed by atoms with van der Waals surface area (Å²) >= 11 is 0. The zero-order valence-electron chi connectivity index (χ0n) is 16.2. The Kier molecular flexibility index (Phi) is 5.72. The van der Waals surface area contributed by atoms with E-state index in [9.17, 15) is 4.79 Å². The van der Waals surface area contributed by atoms with Crippen molar-refractivity contribution in [2.24, 2.45) is 0 Å². The molecule has 0 aliphatic carbocycles. The molecule has 0 unspecified atom stereocenters. The molecule has 0 bridgehead atoms. The summed E-state index contributed by atoms with van der Waals surface area (Å²) < 4.78 is 5.81. The Labute approximate surface area is 160 Å². The van der Waals surface area contributed by atoms with E-state index in [0.717, 1.165) is 28.1 Å². The smallest absolute Gasteiger partial charge is 0.238 e. The van der Waals surface area contributed by atoms with Gasteiger partial charge in [0.15, 0.2) is 5.76 Å². The van der Waals surface area contributed by atoms with E-state index in [0.29, 0.717) is 12.4 Å². The monoisotopic (exact) mass is 363 g/mol. The van der Waals surface area contributed by atoms with Crippen molar-refractivity contribution in [2.75, 3.05) is 18.9 Å². The number of aryl methyl sites for hydroxylation is 3. The number of nitrogens with zero attached hydrogens (tertiary/aromatic N) is 2. The fourth-order valence-electron chi connectivity index (χ4n) is 3.21. The first-order valence-corrected chi connectivity index (χ1v) is 8.99. The molecule has 1 N–H and O–H groups in total. The first-order valence-electron chi connectivity index (χ1n) is 8.99. The topological polar surface area (TPSA) is 58.4 Å². The highest BCUT2D eigenvalue weighted by Crippen LogP contribution is 2.22. The normalized spacial score (nSPS) is 11.0. The second kappa shape index (κ2) is 8.18. The standard InChI is InChI=1S/C22H25N3O2/c1-15-10-16(2)22(17(3)11-15)24-20(26)13-25(4)14-21-23-12-19(27-21)18-8-6-5-7-9-18/h5-12H,13-14H2,1-4H3,(H,24,26). The number of hydrogen-bond donors (Lipinski definition) is 1. The average Bonchev–Trinajstić information content (AvgIpc) is 3.07. The predicted octanol–water partition coefficient (Wildman–Crippen LogP) is 4.34. The quantitative estimate of drug-likeness (QED) is 0.708. The van der Waals surface area contributed by atoms with Gasteiger partial charge in [-0.25, -0.2) is 4.98 Å². The molecule has 1 heterocycles. The molecule has 3 aromatic rings. The van der Waals surface area contributed by atoms with Crippen LogP contribution in [0.4, 0.5) is 5.69 Å². The molecule has 5 heteroatoms. The fourth-order valence-corrected chi connectivity index (χ4v) is 3.21. The van der Waals surface area contributed by atoms with Crippen LogP contribution >= 0.6 is 0 Å². The second-order valence-corrected chi connectivity index (χ2v) is 6.98.